The summed E-state index contributed by atoms with van der Waals surface area (Å²) in [7, 11) is 0. The SMILES string of the molecule is Cc1cnn(Cc2ccccc2/C(N)=N/O)c1. The van der Waals surface area contributed by atoms with Crippen LogP contribution >= 0.6 is 0 Å². The van der Waals surface area contributed by atoms with Crippen molar-refractivity contribution in [1.29, 1.82) is 0 Å². The minimum absolute atomic E-state index is 0.115. The molecule has 0 amide bonds. The summed E-state index contributed by atoms with van der Waals surface area (Å²) in [5.41, 5.74) is 8.42. The minimum Gasteiger partial charge on any atom is -0.409 e. The molecule has 2 aromatic rings. The van der Waals surface area contributed by atoms with E-state index in [1.165, 1.54) is 0 Å². The highest BCUT2D eigenvalue weighted by molar-refractivity contribution is 5.98. The molecule has 0 aliphatic heterocycles. The molecule has 2 rings (SSSR count). The molecular weight excluding hydrogens is 216 g/mol. The number of nitrogens with two attached hydrogens (primary N) is 1. The lowest BCUT2D eigenvalue weighted by atomic mass is 10.1. The van der Waals surface area contributed by atoms with Crippen molar-refractivity contribution in [3.05, 3.63) is 53.3 Å². The lowest BCUT2D eigenvalue weighted by Crippen LogP contribution is -2.16. The van der Waals surface area contributed by atoms with Crippen molar-refractivity contribution in [1.82, 2.24) is 9.78 Å². The molecule has 0 spiro atoms. The summed E-state index contributed by atoms with van der Waals surface area (Å²) in [5.74, 6) is 0.115. The Hall–Kier alpha value is -2.30. The number of aromatic nitrogens is 2. The number of benzene rings is 1. The average molecular weight is 230 g/mol. The Labute approximate surface area is 99.2 Å². The zero-order valence-corrected chi connectivity index (χ0v) is 9.54. The van der Waals surface area contributed by atoms with Gasteiger partial charge in [0.05, 0.1) is 12.7 Å². The highest BCUT2D eigenvalue weighted by Crippen LogP contribution is 2.10. The second-order valence-electron chi connectivity index (χ2n) is 3.86. The Kier molecular flexibility index (Phi) is 3.09. The van der Waals surface area contributed by atoms with Crippen LogP contribution in [0.3, 0.4) is 0 Å². The van der Waals surface area contributed by atoms with E-state index in [0.717, 1.165) is 16.7 Å². The molecule has 0 saturated carbocycles. The molecule has 0 saturated heterocycles. The van der Waals surface area contributed by atoms with Crippen LogP contribution in [-0.4, -0.2) is 20.8 Å². The summed E-state index contributed by atoms with van der Waals surface area (Å²) in [5, 5.41) is 16.0. The van der Waals surface area contributed by atoms with E-state index in [9.17, 15) is 0 Å². The van der Waals surface area contributed by atoms with Crippen molar-refractivity contribution in [2.24, 2.45) is 10.9 Å². The fraction of sp³-hybridized carbons (Fsp3) is 0.167. The van der Waals surface area contributed by atoms with E-state index < -0.39 is 0 Å². The average Bonchev–Trinajstić information content (AvgIpc) is 2.74. The summed E-state index contributed by atoms with van der Waals surface area (Å²) in [4.78, 5) is 0. The van der Waals surface area contributed by atoms with Gasteiger partial charge in [0.25, 0.3) is 0 Å². The van der Waals surface area contributed by atoms with E-state index in [2.05, 4.69) is 10.3 Å². The van der Waals surface area contributed by atoms with Crippen LogP contribution in [-0.2, 0) is 6.54 Å². The van der Waals surface area contributed by atoms with Crippen LogP contribution in [0, 0.1) is 6.92 Å². The molecule has 0 atom stereocenters. The molecule has 1 heterocycles. The number of hydrogen-bond acceptors (Lipinski definition) is 3. The number of oxime groups is 1. The van der Waals surface area contributed by atoms with Gasteiger partial charge in [-0.2, -0.15) is 5.10 Å². The number of amidine groups is 1. The third-order valence-electron chi connectivity index (χ3n) is 2.50. The van der Waals surface area contributed by atoms with Gasteiger partial charge in [-0.05, 0) is 18.1 Å². The fourth-order valence-electron chi connectivity index (χ4n) is 1.69. The standard InChI is InChI=1S/C12H14N4O/c1-9-6-14-16(7-9)8-10-4-2-3-5-11(10)12(13)15-17/h2-7,17H,8H2,1H3,(H2,13,15). The quantitative estimate of drug-likeness (QED) is 0.361. The largest absolute Gasteiger partial charge is 0.409 e. The Morgan fingerprint density at radius 2 is 2.24 bits per heavy atom. The summed E-state index contributed by atoms with van der Waals surface area (Å²) in [6.07, 6.45) is 3.75. The first-order valence-corrected chi connectivity index (χ1v) is 5.25. The van der Waals surface area contributed by atoms with Crippen molar-refractivity contribution in [3.63, 3.8) is 0 Å². The maximum Gasteiger partial charge on any atom is 0.170 e. The van der Waals surface area contributed by atoms with Crippen molar-refractivity contribution < 1.29 is 5.21 Å². The second-order valence-corrected chi connectivity index (χ2v) is 3.86. The van der Waals surface area contributed by atoms with Gasteiger partial charge in [0.2, 0.25) is 0 Å². The third kappa shape index (κ3) is 2.44. The molecule has 0 aliphatic rings. The Balaban J connectivity index is 2.32. The lowest BCUT2D eigenvalue weighted by Gasteiger charge is -2.07. The van der Waals surface area contributed by atoms with Gasteiger partial charge in [-0.1, -0.05) is 29.4 Å². The lowest BCUT2D eigenvalue weighted by molar-refractivity contribution is 0.318. The van der Waals surface area contributed by atoms with Gasteiger partial charge in [-0.15, -0.1) is 0 Å². The summed E-state index contributed by atoms with van der Waals surface area (Å²) in [6.45, 7) is 2.58. The minimum atomic E-state index is 0.115. The highest BCUT2D eigenvalue weighted by Gasteiger charge is 2.07. The first-order valence-electron chi connectivity index (χ1n) is 5.25. The topological polar surface area (TPSA) is 76.4 Å². The zero-order chi connectivity index (χ0) is 12.3. The molecule has 0 radical (unpaired) electrons. The fourth-order valence-corrected chi connectivity index (χ4v) is 1.69. The molecule has 0 fully saturated rings. The van der Waals surface area contributed by atoms with Crippen LogP contribution in [0.15, 0.2) is 41.8 Å². The molecule has 5 nitrogen and oxygen atoms in total. The second kappa shape index (κ2) is 4.69. The molecule has 0 unspecified atom stereocenters. The van der Waals surface area contributed by atoms with Crippen LogP contribution in [0.4, 0.5) is 0 Å². The summed E-state index contributed by atoms with van der Waals surface area (Å²) < 4.78 is 1.82. The van der Waals surface area contributed by atoms with Gasteiger partial charge in [-0.25, -0.2) is 0 Å². The highest BCUT2D eigenvalue weighted by atomic mass is 16.4. The molecule has 1 aromatic heterocycles. The smallest absolute Gasteiger partial charge is 0.170 e. The number of hydrogen-bond donors (Lipinski definition) is 2. The molecule has 5 heteroatoms. The van der Waals surface area contributed by atoms with Crippen molar-refractivity contribution in [2.75, 3.05) is 0 Å². The maximum atomic E-state index is 8.72. The van der Waals surface area contributed by atoms with Crippen molar-refractivity contribution >= 4 is 5.84 Å². The molecule has 0 bridgehead atoms. The van der Waals surface area contributed by atoms with Gasteiger partial charge in [0.1, 0.15) is 0 Å². The van der Waals surface area contributed by atoms with E-state index in [1.807, 2.05) is 42.1 Å². The predicted octanol–water partition coefficient (Wildman–Crippen LogP) is 1.33. The van der Waals surface area contributed by atoms with Gasteiger partial charge >= 0.3 is 0 Å². The van der Waals surface area contributed by atoms with E-state index >= 15 is 0 Å². The monoisotopic (exact) mass is 230 g/mol. The summed E-state index contributed by atoms with van der Waals surface area (Å²) in [6, 6.07) is 7.52. The zero-order valence-electron chi connectivity index (χ0n) is 9.54. The Bertz CT molecular complexity index is 545. The molecule has 17 heavy (non-hydrogen) atoms. The van der Waals surface area contributed by atoms with Crippen LogP contribution in [0.25, 0.3) is 0 Å². The van der Waals surface area contributed by atoms with Crippen LogP contribution in [0.5, 0.6) is 0 Å². The molecule has 88 valence electrons. The van der Waals surface area contributed by atoms with Gasteiger partial charge in [0.15, 0.2) is 5.84 Å². The third-order valence-corrected chi connectivity index (χ3v) is 2.50. The van der Waals surface area contributed by atoms with Crippen LogP contribution < -0.4 is 5.73 Å². The first kappa shape index (κ1) is 11.2. The first-order chi connectivity index (χ1) is 8.20. The van der Waals surface area contributed by atoms with Gasteiger partial charge in [0, 0.05) is 11.8 Å². The molecular formula is C12H14N4O. The predicted molar refractivity (Wildman–Crippen MR) is 65.0 cm³/mol. The van der Waals surface area contributed by atoms with Gasteiger partial charge < -0.3 is 10.9 Å². The number of rotatable bonds is 3. The van der Waals surface area contributed by atoms with E-state index in [-0.39, 0.29) is 5.84 Å². The normalized spacial score (nSPS) is 11.7. The molecule has 3 N–H and O–H groups in total. The Morgan fingerprint density at radius 3 is 2.88 bits per heavy atom. The number of nitrogens with zero attached hydrogens (tertiary/aromatic N) is 3. The summed E-state index contributed by atoms with van der Waals surface area (Å²) >= 11 is 0. The Morgan fingerprint density at radius 1 is 1.47 bits per heavy atom. The van der Waals surface area contributed by atoms with Crippen LogP contribution in [0.1, 0.15) is 16.7 Å². The van der Waals surface area contributed by atoms with Crippen molar-refractivity contribution in [3.8, 4) is 0 Å². The molecule has 1 aromatic carbocycles. The van der Waals surface area contributed by atoms with E-state index in [0.29, 0.717) is 6.54 Å². The maximum absolute atomic E-state index is 8.72. The van der Waals surface area contributed by atoms with E-state index in [1.54, 1.807) is 6.20 Å². The van der Waals surface area contributed by atoms with Crippen molar-refractivity contribution in [2.45, 2.75) is 13.5 Å². The van der Waals surface area contributed by atoms with Gasteiger partial charge in [-0.3, -0.25) is 4.68 Å². The number of aryl methyl sites for hydroxylation is 1. The van der Waals surface area contributed by atoms with Crippen LogP contribution in [0.2, 0.25) is 0 Å². The van der Waals surface area contributed by atoms with E-state index in [4.69, 9.17) is 10.9 Å². The molecule has 0 aliphatic carbocycles.